The van der Waals surface area contributed by atoms with Crippen LogP contribution in [0.3, 0.4) is 0 Å². The number of para-hydroxylation sites is 1. The van der Waals surface area contributed by atoms with Crippen LogP contribution in [0.15, 0.2) is 75.9 Å². The average Bonchev–Trinajstić information content (AvgIpc) is 2.68. The summed E-state index contributed by atoms with van der Waals surface area (Å²) in [7, 11) is 1.60. The third-order valence-electron chi connectivity index (χ3n) is 4.39. The first kappa shape index (κ1) is 16.8. The molecular weight excluding hydrogens is 342 g/mol. The molecule has 27 heavy (non-hydrogen) atoms. The zero-order valence-corrected chi connectivity index (χ0v) is 14.7. The molecule has 1 N–H and O–H groups in total. The molecule has 0 saturated carbocycles. The Kier molecular flexibility index (Phi) is 4.34. The molecular formula is C22H17NO4. The number of carbonyl (C=O) groups excluding carboxylic acids is 1. The van der Waals surface area contributed by atoms with Crippen molar-refractivity contribution >= 4 is 33.5 Å². The lowest BCUT2D eigenvalue weighted by Crippen LogP contribution is -2.14. The van der Waals surface area contributed by atoms with Crippen molar-refractivity contribution in [3.63, 3.8) is 0 Å². The maximum atomic E-state index is 12.6. The Morgan fingerprint density at radius 3 is 2.48 bits per heavy atom. The van der Waals surface area contributed by atoms with E-state index in [9.17, 15) is 9.59 Å². The van der Waals surface area contributed by atoms with Crippen molar-refractivity contribution in [2.75, 3.05) is 12.4 Å². The van der Waals surface area contributed by atoms with Gasteiger partial charge in [-0.2, -0.15) is 0 Å². The lowest BCUT2D eigenvalue weighted by atomic mass is 10.1. The molecule has 0 radical (unpaired) electrons. The molecule has 1 heterocycles. The number of nitrogens with one attached hydrogen (secondary N) is 1. The summed E-state index contributed by atoms with van der Waals surface area (Å²) >= 11 is 0. The summed E-state index contributed by atoms with van der Waals surface area (Å²) < 4.78 is 10.9. The molecule has 5 nitrogen and oxygen atoms in total. The number of methoxy groups -OCH3 is 1. The standard InChI is InChI=1S/C22H17NO4/c1-26-16-9-6-14(7-10-16)12-21(24)23-15-8-11-18-20(13-15)27-19-5-3-2-4-17(19)22(18)25/h2-11,13H,12H2,1H3,(H,23,24). The number of carbonyl (C=O) groups is 1. The molecule has 0 aliphatic carbocycles. The van der Waals surface area contributed by atoms with Crippen LogP contribution in [0.25, 0.3) is 21.9 Å². The highest BCUT2D eigenvalue weighted by Crippen LogP contribution is 2.22. The number of rotatable bonds is 4. The first-order valence-corrected chi connectivity index (χ1v) is 8.52. The van der Waals surface area contributed by atoms with Gasteiger partial charge in [-0.1, -0.05) is 24.3 Å². The SMILES string of the molecule is COc1ccc(CC(=O)Nc2ccc3c(=O)c4ccccc4oc3c2)cc1. The first-order chi connectivity index (χ1) is 13.1. The topological polar surface area (TPSA) is 68.5 Å². The van der Waals surface area contributed by atoms with Crippen LogP contribution >= 0.6 is 0 Å². The van der Waals surface area contributed by atoms with Gasteiger partial charge in [0.1, 0.15) is 16.9 Å². The Labute approximate surface area is 155 Å². The summed E-state index contributed by atoms with van der Waals surface area (Å²) in [6.07, 6.45) is 0.240. The van der Waals surface area contributed by atoms with E-state index in [1.165, 1.54) is 0 Å². The van der Waals surface area contributed by atoms with E-state index >= 15 is 0 Å². The van der Waals surface area contributed by atoms with Gasteiger partial charge in [-0.25, -0.2) is 0 Å². The molecule has 0 unspecified atom stereocenters. The fourth-order valence-electron chi connectivity index (χ4n) is 3.01. The Bertz CT molecular complexity index is 1190. The highest BCUT2D eigenvalue weighted by Gasteiger charge is 2.10. The zero-order valence-electron chi connectivity index (χ0n) is 14.7. The number of benzene rings is 3. The van der Waals surface area contributed by atoms with Crippen molar-refractivity contribution in [3.8, 4) is 5.75 Å². The average molecular weight is 359 g/mol. The van der Waals surface area contributed by atoms with Crippen molar-refractivity contribution in [2.24, 2.45) is 0 Å². The van der Waals surface area contributed by atoms with E-state index in [1.807, 2.05) is 30.3 Å². The quantitative estimate of drug-likeness (QED) is 0.556. The van der Waals surface area contributed by atoms with Crippen molar-refractivity contribution < 1.29 is 13.9 Å². The third kappa shape index (κ3) is 3.40. The van der Waals surface area contributed by atoms with Gasteiger partial charge in [0.2, 0.25) is 11.3 Å². The van der Waals surface area contributed by atoms with Gasteiger partial charge in [-0.15, -0.1) is 0 Å². The number of hydrogen-bond donors (Lipinski definition) is 1. The van der Waals surface area contributed by atoms with Gasteiger partial charge in [-0.3, -0.25) is 9.59 Å². The third-order valence-corrected chi connectivity index (χ3v) is 4.39. The summed E-state index contributed by atoms with van der Waals surface area (Å²) in [4.78, 5) is 24.9. The van der Waals surface area contributed by atoms with E-state index in [0.29, 0.717) is 27.6 Å². The highest BCUT2D eigenvalue weighted by molar-refractivity contribution is 5.96. The van der Waals surface area contributed by atoms with E-state index in [2.05, 4.69) is 5.32 Å². The fourth-order valence-corrected chi connectivity index (χ4v) is 3.01. The van der Waals surface area contributed by atoms with Gasteiger partial charge >= 0.3 is 0 Å². The molecule has 1 amide bonds. The van der Waals surface area contributed by atoms with Gasteiger partial charge in [0.15, 0.2) is 0 Å². The van der Waals surface area contributed by atoms with E-state index < -0.39 is 0 Å². The maximum Gasteiger partial charge on any atom is 0.228 e. The van der Waals surface area contributed by atoms with Gasteiger partial charge in [0.05, 0.1) is 24.3 Å². The van der Waals surface area contributed by atoms with Gasteiger partial charge in [0, 0.05) is 11.8 Å². The van der Waals surface area contributed by atoms with E-state index in [0.717, 1.165) is 11.3 Å². The summed E-state index contributed by atoms with van der Waals surface area (Å²) in [5.41, 5.74) is 2.35. The second-order valence-electron chi connectivity index (χ2n) is 6.21. The van der Waals surface area contributed by atoms with E-state index in [-0.39, 0.29) is 17.8 Å². The van der Waals surface area contributed by atoms with Crippen LogP contribution in [0, 0.1) is 0 Å². The van der Waals surface area contributed by atoms with Crippen LogP contribution in [-0.4, -0.2) is 13.0 Å². The van der Waals surface area contributed by atoms with Gasteiger partial charge in [0.25, 0.3) is 0 Å². The molecule has 0 aliphatic rings. The minimum absolute atomic E-state index is 0.0806. The monoisotopic (exact) mass is 359 g/mol. The predicted octanol–water partition coefficient (Wildman–Crippen LogP) is 4.14. The molecule has 0 spiro atoms. The minimum atomic E-state index is -0.150. The molecule has 5 heteroatoms. The molecule has 0 saturated heterocycles. The predicted molar refractivity (Wildman–Crippen MR) is 105 cm³/mol. The van der Waals surface area contributed by atoms with E-state index in [1.54, 1.807) is 43.5 Å². The van der Waals surface area contributed by atoms with Crippen molar-refractivity contribution in [2.45, 2.75) is 6.42 Å². The largest absolute Gasteiger partial charge is 0.497 e. The Balaban J connectivity index is 1.59. The van der Waals surface area contributed by atoms with Crippen LogP contribution < -0.4 is 15.5 Å². The van der Waals surface area contributed by atoms with Crippen molar-refractivity contribution in [3.05, 3.63) is 82.5 Å². The van der Waals surface area contributed by atoms with Crippen LogP contribution in [-0.2, 0) is 11.2 Å². The molecule has 0 bridgehead atoms. The molecule has 134 valence electrons. The second kappa shape index (κ2) is 6.96. The Hall–Kier alpha value is -3.60. The van der Waals surface area contributed by atoms with Gasteiger partial charge < -0.3 is 14.5 Å². The molecule has 0 atom stereocenters. The molecule has 0 fully saturated rings. The molecule has 0 aliphatic heterocycles. The maximum absolute atomic E-state index is 12.6. The molecule has 4 aromatic rings. The summed E-state index contributed by atoms with van der Waals surface area (Å²) in [5, 5.41) is 3.88. The molecule has 4 rings (SSSR count). The van der Waals surface area contributed by atoms with Crippen LogP contribution in [0.5, 0.6) is 5.75 Å². The lowest BCUT2D eigenvalue weighted by Gasteiger charge is -2.07. The molecule has 3 aromatic carbocycles. The smallest absolute Gasteiger partial charge is 0.228 e. The molecule has 1 aromatic heterocycles. The summed E-state index contributed by atoms with van der Waals surface area (Å²) in [5.74, 6) is 0.596. The second-order valence-corrected chi connectivity index (χ2v) is 6.21. The van der Waals surface area contributed by atoms with Crippen LogP contribution in [0.1, 0.15) is 5.56 Å². The normalized spacial score (nSPS) is 10.9. The zero-order chi connectivity index (χ0) is 18.8. The first-order valence-electron chi connectivity index (χ1n) is 8.52. The summed E-state index contributed by atoms with van der Waals surface area (Å²) in [6.45, 7) is 0. The van der Waals surface area contributed by atoms with E-state index in [4.69, 9.17) is 9.15 Å². The highest BCUT2D eigenvalue weighted by atomic mass is 16.5. The fraction of sp³-hybridized carbons (Fsp3) is 0.0909. The number of hydrogen-bond acceptors (Lipinski definition) is 4. The number of fused-ring (bicyclic) bond motifs is 2. The van der Waals surface area contributed by atoms with Gasteiger partial charge in [-0.05, 0) is 42.0 Å². The van der Waals surface area contributed by atoms with Crippen molar-refractivity contribution in [1.29, 1.82) is 0 Å². The Morgan fingerprint density at radius 2 is 1.70 bits per heavy atom. The summed E-state index contributed by atoms with van der Waals surface area (Å²) in [6, 6.07) is 19.5. The number of anilines is 1. The minimum Gasteiger partial charge on any atom is -0.497 e. The number of ether oxygens (including phenoxy) is 1. The lowest BCUT2D eigenvalue weighted by molar-refractivity contribution is -0.115. The van der Waals surface area contributed by atoms with Crippen LogP contribution in [0.4, 0.5) is 5.69 Å². The Morgan fingerprint density at radius 1 is 0.963 bits per heavy atom. The van der Waals surface area contributed by atoms with Crippen LogP contribution in [0.2, 0.25) is 0 Å². The number of amides is 1. The van der Waals surface area contributed by atoms with Crippen molar-refractivity contribution in [1.82, 2.24) is 0 Å².